The zero-order valence-corrected chi connectivity index (χ0v) is 26.4. The van der Waals surface area contributed by atoms with Gasteiger partial charge in [0.2, 0.25) is 0 Å². The predicted octanol–water partition coefficient (Wildman–Crippen LogP) is 12.0. The second-order valence-corrected chi connectivity index (χ2v) is 15.5. The Morgan fingerprint density at radius 2 is 1.22 bits per heavy atom. The van der Waals surface area contributed by atoms with Crippen molar-refractivity contribution in [1.29, 1.82) is 0 Å². The fourth-order valence-corrected chi connectivity index (χ4v) is 10.9. The van der Waals surface area contributed by atoms with Gasteiger partial charge in [-0.1, -0.05) is 112 Å². The Labute approximate surface area is 234 Å². The predicted molar refractivity (Wildman–Crippen MR) is 164 cm³/mol. The standard InChI is InChI=1S/C22H40.C15H28/c1-4-6-9-20-16(3)15-19-8-7-10-21(19)22(20)18-13-11-17(5-2)12-14-18;1-4-13-7-6-12(3)15(10-13)14-8-5-11(2)9-14/h16-22H,4-15H2,1-3H3;11-15H,4-10H2,1-3H3. The lowest BCUT2D eigenvalue weighted by Gasteiger charge is -2.49. The first-order valence-electron chi connectivity index (χ1n) is 17.9. The van der Waals surface area contributed by atoms with Crippen molar-refractivity contribution in [2.45, 2.75) is 164 Å². The van der Waals surface area contributed by atoms with Crippen LogP contribution in [0.25, 0.3) is 0 Å². The quantitative estimate of drug-likeness (QED) is 0.318. The third kappa shape index (κ3) is 7.60. The van der Waals surface area contributed by atoms with Gasteiger partial charge in [-0.3, -0.25) is 0 Å². The first kappa shape index (κ1) is 30.0. The first-order valence-corrected chi connectivity index (χ1v) is 17.9. The summed E-state index contributed by atoms with van der Waals surface area (Å²) < 4.78 is 0. The molecular formula is C37H68. The molecule has 216 valence electrons. The molecule has 0 aromatic rings. The largest absolute Gasteiger partial charge is 0.0654 e. The van der Waals surface area contributed by atoms with Gasteiger partial charge in [0.15, 0.2) is 0 Å². The zero-order valence-electron chi connectivity index (χ0n) is 26.4. The van der Waals surface area contributed by atoms with Gasteiger partial charge in [-0.2, -0.15) is 0 Å². The van der Waals surface area contributed by atoms with E-state index in [4.69, 9.17) is 0 Å². The van der Waals surface area contributed by atoms with Crippen LogP contribution in [0, 0.1) is 71.0 Å². The highest BCUT2D eigenvalue weighted by Gasteiger charge is 2.47. The average Bonchev–Trinajstić information content (AvgIpc) is 3.56. The molecule has 5 aliphatic rings. The molecule has 0 radical (unpaired) electrons. The summed E-state index contributed by atoms with van der Waals surface area (Å²) in [5.74, 6) is 12.8. The van der Waals surface area contributed by atoms with Crippen LogP contribution in [-0.2, 0) is 0 Å². The summed E-state index contributed by atoms with van der Waals surface area (Å²) in [6, 6.07) is 0. The van der Waals surface area contributed by atoms with E-state index in [0.29, 0.717) is 0 Å². The zero-order chi connectivity index (χ0) is 26.4. The molecule has 5 rings (SSSR count). The molecule has 5 fully saturated rings. The Kier molecular flexibility index (Phi) is 11.8. The normalized spacial score (nSPS) is 46.2. The summed E-state index contributed by atoms with van der Waals surface area (Å²) in [5.41, 5.74) is 0. The van der Waals surface area contributed by atoms with Gasteiger partial charge in [0.1, 0.15) is 0 Å². The molecule has 0 bridgehead atoms. The maximum Gasteiger partial charge on any atom is -0.0324 e. The summed E-state index contributed by atoms with van der Waals surface area (Å²) in [6.07, 6.45) is 28.9. The number of rotatable bonds is 7. The van der Waals surface area contributed by atoms with Crippen molar-refractivity contribution >= 4 is 0 Å². The lowest BCUT2D eigenvalue weighted by Crippen LogP contribution is -2.42. The van der Waals surface area contributed by atoms with E-state index in [-0.39, 0.29) is 0 Å². The number of hydrogen-bond acceptors (Lipinski definition) is 0. The molecule has 37 heavy (non-hydrogen) atoms. The van der Waals surface area contributed by atoms with Gasteiger partial charge < -0.3 is 0 Å². The van der Waals surface area contributed by atoms with E-state index in [1.54, 1.807) is 64.2 Å². The highest BCUT2D eigenvalue weighted by atomic mass is 14.5. The molecule has 0 saturated heterocycles. The van der Waals surface area contributed by atoms with E-state index in [1.165, 1.54) is 57.8 Å². The first-order chi connectivity index (χ1) is 17.9. The van der Waals surface area contributed by atoms with Gasteiger partial charge in [-0.15, -0.1) is 0 Å². The van der Waals surface area contributed by atoms with Crippen molar-refractivity contribution in [2.24, 2.45) is 71.0 Å². The second-order valence-electron chi connectivity index (χ2n) is 15.5. The fourth-order valence-electron chi connectivity index (χ4n) is 10.9. The van der Waals surface area contributed by atoms with Gasteiger partial charge in [0, 0.05) is 0 Å². The van der Waals surface area contributed by atoms with E-state index in [2.05, 4.69) is 41.5 Å². The van der Waals surface area contributed by atoms with Gasteiger partial charge in [-0.25, -0.2) is 0 Å². The molecule has 5 aliphatic carbocycles. The van der Waals surface area contributed by atoms with Crippen LogP contribution in [-0.4, -0.2) is 0 Å². The molecule has 0 heteroatoms. The highest BCUT2D eigenvalue weighted by Crippen LogP contribution is 2.56. The van der Waals surface area contributed by atoms with Crippen LogP contribution >= 0.6 is 0 Å². The lowest BCUT2D eigenvalue weighted by atomic mass is 9.56. The maximum atomic E-state index is 2.61. The molecular weight excluding hydrogens is 444 g/mol. The van der Waals surface area contributed by atoms with Crippen LogP contribution in [0.1, 0.15) is 164 Å². The van der Waals surface area contributed by atoms with Crippen molar-refractivity contribution in [1.82, 2.24) is 0 Å². The van der Waals surface area contributed by atoms with Crippen molar-refractivity contribution in [3.8, 4) is 0 Å². The van der Waals surface area contributed by atoms with Gasteiger partial charge in [0.05, 0.1) is 0 Å². The Hall–Kier alpha value is 0. The molecule has 0 N–H and O–H groups in total. The molecule has 0 spiro atoms. The van der Waals surface area contributed by atoms with E-state index in [9.17, 15) is 0 Å². The van der Waals surface area contributed by atoms with Gasteiger partial charge >= 0.3 is 0 Å². The van der Waals surface area contributed by atoms with Crippen LogP contribution in [0.15, 0.2) is 0 Å². The Bertz CT molecular complexity index is 628. The molecule has 0 nitrogen and oxygen atoms in total. The Morgan fingerprint density at radius 3 is 1.86 bits per heavy atom. The molecule has 0 aliphatic heterocycles. The fraction of sp³-hybridized carbons (Fsp3) is 1.00. The third-order valence-corrected chi connectivity index (χ3v) is 13.3. The smallest absolute Gasteiger partial charge is 0.0324 e. The average molecular weight is 513 g/mol. The van der Waals surface area contributed by atoms with Gasteiger partial charge in [-0.05, 0) is 122 Å². The minimum atomic E-state index is 1.01. The van der Waals surface area contributed by atoms with E-state index >= 15 is 0 Å². The Morgan fingerprint density at radius 1 is 0.541 bits per heavy atom. The number of unbranched alkanes of at least 4 members (excludes halogenated alkanes) is 1. The molecule has 0 aromatic heterocycles. The van der Waals surface area contributed by atoms with Crippen molar-refractivity contribution in [3.05, 3.63) is 0 Å². The van der Waals surface area contributed by atoms with Crippen molar-refractivity contribution in [2.75, 3.05) is 0 Å². The SMILES string of the molecule is CCC1CCC(C)C(C2CCC(C)C2)C1.CCCCC1C(C)CC2CCCC2C1C1CCC(CC)CC1. The summed E-state index contributed by atoms with van der Waals surface area (Å²) in [6.45, 7) is 14.7. The highest BCUT2D eigenvalue weighted by molar-refractivity contribution is 4.97. The van der Waals surface area contributed by atoms with Crippen LogP contribution in [0.4, 0.5) is 0 Å². The molecule has 10 atom stereocenters. The number of fused-ring (bicyclic) bond motifs is 1. The van der Waals surface area contributed by atoms with Crippen LogP contribution in [0.3, 0.4) is 0 Å². The van der Waals surface area contributed by atoms with E-state index in [0.717, 1.165) is 71.0 Å². The summed E-state index contributed by atoms with van der Waals surface area (Å²) >= 11 is 0. The summed E-state index contributed by atoms with van der Waals surface area (Å²) in [4.78, 5) is 0. The van der Waals surface area contributed by atoms with Gasteiger partial charge in [0.25, 0.3) is 0 Å². The van der Waals surface area contributed by atoms with E-state index in [1.807, 2.05) is 0 Å². The lowest BCUT2D eigenvalue weighted by molar-refractivity contribution is -0.00258. The van der Waals surface area contributed by atoms with Crippen molar-refractivity contribution < 1.29 is 0 Å². The van der Waals surface area contributed by atoms with Crippen LogP contribution in [0.5, 0.6) is 0 Å². The monoisotopic (exact) mass is 513 g/mol. The molecule has 5 saturated carbocycles. The summed E-state index contributed by atoms with van der Waals surface area (Å²) in [5, 5.41) is 0. The second kappa shape index (κ2) is 14.6. The third-order valence-electron chi connectivity index (χ3n) is 13.3. The molecule has 0 amide bonds. The molecule has 0 aromatic carbocycles. The maximum absolute atomic E-state index is 2.61. The van der Waals surface area contributed by atoms with Crippen LogP contribution in [0.2, 0.25) is 0 Å². The topological polar surface area (TPSA) is 0 Å². The Balaban J connectivity index is 0.000000186. The minimum Gasteiger partial charge on any atom is -0.0654 e. The number of hydrogen-bond donors (Lipinski definition) is 0. The van der Waals surface area contributed by atoms with Crippen LogP contribution < -0.4 is 0 Å². The molecule has 0 heterocycles. The minimum absolute atomic E-state index is 1.01. The summed E-state index contributed by atoms with van der Waals surface area (Å²) in [7, 11) is 0. The molecule has 10 unspecified atom stereocenters. The van der Waals surface area contributed by atoms with E-state index < -0.39 is 0 Å². The van der Waals surface area contributed by atoms with Crippen molar-refractivity contribution in [3.63, 3.8) is 0 Å².